The molecule has 0 saturated carbocycles. The van der Waals surface area contributed by atoms with E-state index in [1.54, 1.807) is 0 Å². The minimum absolute atomic E-state index is 0.215. The lowest BCUT2D eigenvalue weighted by atomic mass is 10.0. The second kappa shape index (κ2) is 13.3. The zero-order valence-electron chi connectivity index (χ0n) is 25.3. The van der Waals surface area contributed by atoms with Crippen LogP contribution in [-0.4, -0.2) is 17.7 Å². The standard InChI is InChI=1S/C36H39N3O3/c1-7-25-13-10-16-31(22(25)4)37-34(40)28-19-29(35(41)38-32-17-11-14-26(8-2)23(32)5)21-30(20-28)36(42)39-33-18-12-15-27(9-3)24(33)6/h10-21H,7-9H2,1-6H3,(H,37,40)(H,38,41)(H,39,42). The van der Waals surface area contributed by atoms with Crippen LogP contribution in [0, 0.1) is 20.8 Å². The molecule has 3 N–H and O–H groups in total. The van der Waals surface area contributed by atoms with Crippen LogP contribution in [0.15, 0.2) is 72.8 Å². The van der Waals surface area contributed by atoms with Crippen LogP contribution in [0.5, 0.6) is 0 Å². The summed E-state index contributed by atoms with van der Waals surface area (Å²) in [5, 5.41) is 8.94. The lowest BCUT2D eigenvalue weighted by molar-refractivity contribution is 0.102. The van der Waals surface area contributed by atoms with Crippen LogP contribution < -0.4 is 16.0 Å². The third kappa shape index (κ3) is 6.60. The summed E-state index contributed by atoms with van der Waals surface area (Å²) >= 11 is 0. The van der Waals surface area contributed by atoms with E-state index in [1.807, 2.05) is 75.4 Å². The minimum atomic E-state index is -0.400. The normalized spacial score (nSPS) is 10.7. The van der Waals surface area contributed by atoms with Gasteiger partial charge in [-0.1, -0.05) is 57.2 Å². The van der Waals surface area contributed by atoms with Gasteiger partial charge in [0.05, 0.1) is 0 Å². The van der Waals surface area contributed by atoms with Crippen LogP contribution in [0.1, 0.15) is 85.2 Å². The molecule has 216 valence electrons. The van der Waals surface area contributed by atoms with Crippen molar-refractivity contribution in [2.45, 2.75) is 60.8 Å². The van der Waals surface area contributed by atoms with E-state index < -0.39 is 17.7 Å². The Morgan fingerprint density at radius 2 is 0.738 bits per heavy atom. The molecular weight excluding hydrogens is 522 g/mol. The molecule has 0 aliphatic carbocycles. The molecular formula is C36H39N3O3. The van der Waals surface area contributed by atoms with Gasteiger partial charge in [0.1, 0.15) is 0 Å². The van der Waals surface area contributed by atoms with E-state index in [9.17, 15) is 14.4 Å². The summed E-state index contributed by atoms with van der Waals surface area (Å²) < 4.78 is 0. The average Bonchev–Trinajstić information content (AvgIpc) is 2.99. The van der Waals surface area contributed by atoms with Crippen LogP contribution in [0.3, 0.4) is 0 Å². The van der Waals surface area contributed by atoms with Crippen molar-refractivity contribution in [3.05, 3.63) is 123 Å². The minimum Gasteiger partial charge on any atom is -0.322 e. The molecule has 0 unspecified atom stereocenters. The molecule has 42 heavy (non-hydrogen) atoms. The highest BCUT2D eigenvalue weighted by molar-refractivity contribution is 6.13. The summed E-state index contributed by atoms with van der Waals surface area (Å²) in [6.45, 7) is 12.1. The zero-order valence-corrected chi connectivity index (χ0v) is 25.3. The second-order valence-corrected chi connectivity index (χ2v) is 10.5. The van der Waals surface area contributed by atoms with E-state index in [0.29, 0.717) is 17.1 Å². The van der Waals surface area contributed by atoms with E-state index in [-0.39, 0.29) is 16.7 Å². The second-order valence-electron chi connectivity index (χ2n) is 10.5. The molecule has 4 aromatic rings. The van der Waals surface area contributed by atoms with E-state index in [2.05, 4.69) is 36.7 Å². The maximum absolute atomic E-state index is 13.5. The fraction of sp³-hybridized carbons (Fsp3) is 0.250. The number of hydrogen-bond donors (Lipinski definition) is 3. The summed E-state index contributed by atoms with van der Waals surface area (Å²) in [7, 11) is 0. The van der Waals surface area contributed by atoms with Crippen LogP contribution in [0.2, 0.25) is 0 Å². The van der Waals surface area contributed by atoms with E-state index in [4.69, 9.17) is 0 Å². The molecule has 6 nitrogen and oxygen atoms in total. The van der Waals surface area contributed by atoms with E-state index >= 15 is 0 Å². The van der Waals surface area contributed by atoms with Gasteiger partial charge < -0.3 is 16.0 Å². The molecule has 0 aromatic heterocycles. The summed E-state index contributed by atoms with van der Waals surface area (Å²) in [6, 6.07) is 22.0. The van der Waals surface area contributed by atoms with Gasteiger partial charge in [0.25, 0.3) is 17.7 Å². The Morgan fingerprint density at radius 3 is 0.976 bits per heavy atom. The highest BCUT2D eigenvalue weighted by atomic mass is 16.2. The van der Waals surface area contributed by atoms with Gasteiger partial charge in [-0.15, -0.1) is 0 Å². The Kier molecular flexibility index (Phi) is 9.58. The first-order valence-corrected chi connectivity index (χ1v) is 14.5. The van der Waals surface area contributed by atoms with E-state index in [0.717, 1.165) is 52.6 Å². The summed E-state index contributed by atoms with van der Waals surface area (Å²) in [5.41, 5.74) is 9.08. The number of rotatable bonds is 9. The molecule has 3 amide bonds. The van der Waals surface area contributed by atoms with Gasteiger partial charge >= 0.3 is 0 Å². The van der Waals surface area contributed by atoms with Crippen molar-refractivity contribution in [1.29, 1.82) is 0 Å². The van der Waals surface area contributed by atoms with Gasteiger partial charge in [0, 0.05) is 33.8 Å². The van der Waals surface area contributed by atoms with Gasteiger partial charge in [-0.05, 0) is 110 Å². The fourth-order valence-electron chi connectivity index (χ4n) is 5.21. The summed E-state index contributed by atoms with van der Waals surface area (Å²) in [5.74, 6) is -1.20. The highest BCUT2D eigenvalue weighted by Gasteiger charge is 2.19. The van der Waals surface area contributed by atoms with Crippen molar-refractivity contribution in [2.24, 2.45) is 0 Å². The first-order chi connectivity index (χ1) is 20.2. The molecule has 0 fully saturated rings. The Hall–Kier alpha value is -4.71. The predicted octanol–water partition coefficient (Wildman–Crippen LogP) is 8.06. The molecule has 6 heteroatoms. The quantitative estimate of drug-likeness (QED) is 0.193. The first-order valence-electron chi connectivity index (χ1n) is 14.5. The van der Waals surface area contributed by atoms with Crippen LogP contribution in [0.25, 0.3) is 0 Å². The van der Waals surface area contributed by atoms with Crippen molar-refractivity contribution < 1.29 is 14.4 Å². The smallest absolute Gasteiger partial charge is 0.255 e. The molecule has 4 rings (SSSR count). The highest BCUT2D eigenvalue weighted by Crippen LogP contribution is 2.24. The maximum atomic E-state index is 13.5. The number of nitrogens with one attached hydrogen (secondary N) is 3. The zero-order chi connectivity index (χ0) is 30.4. The van der Waals surface area contributed by atoms with E-state index in [1.165, 1.54) is 18.2 Å². The molecule has 0 bridgehead atoms. The molecule has 0 aliphatic heterocycles. The Labute approximate surface area is 248 Å². The third-order valence-electron chi connectivity index (χ3n) is 7.94. The molecule has 4 aromatic carbocycles. The number of amides is 3. The lowest BCUT2D eigenvalue weighted by Gasteiger charge is -2.15. The maximum Gasteiger partial charge on any atom is 0.255 e. The number of hydrogen-bond acceptors (Lipinski definition) is 3. The molecule has 0 spiro atoms. The number of benzene rings is 4. The van der Waals surface area contributed by atoms with Crippen LogP contribution in [0.4, 0.5) is 17.1 Å². The topological polar surface area (TPSA) is 87.3 Å². The Balaban J connectivity index is 1.72. The van der Waals surface area contributed by atoms with Crippen LogP contribution in [-0.2, 0) is 19.3 Å². The third-order valence-corrected chi connectivity index (χ3v) is 7.94. The first kappa shape index (κ1) is 30.3. The summed E-state index contributed by atoms with van der Waals surface area (Å²) in [6.07, 6.45) is 2.52. The Bertz CT molecular complexity index is 1450. The van der Waals surface area contributed by atoms with Crippen molar-refractivity contribution in [3.63, 3.8) is 0 Å². The number of carbonyl (C=O) groups is 3. The molecule has 0 atom stereocenters. The summed E-state index contributed by atoms with van der Waals surface area (Å²) in [4.78, 5) is 40.6. The monoisotopic (exact) mass is 561 g/mol. The van der Waals surface area contributed by atoms with Gasteiger partial charge in [-0.2, -0.15) is 0 Å². The van der Waals surface area contributed by atoms with Crippen LogP contribution >= 0.6 is 0 Å². The van der Waals surface area contributed by atoms with Crippen molar-refractivity contribution >= 4 is 34.8 Å². The largest absolute Gasteiger partial charge is 0.322 e. The van der Waals surface area contributed by atoms with Gasteiger partial charge in [-0.3, -0.25) is 14.4 Å². The molecule has 0 heterocycles. The fourth-order valence-corrected chi connectivity index (χ4v) is 5.21. The van der Waals surface area contributed by atoms with Crippen molar-refractivity contribution in [3.8, 4) is 0 Å². The number of anilines is 3. The van der Waals surface area contributed by atoms with Crippen molar-refractivity contribution in [2.75, 3.05) is 16.0 Å². The lowest BCUT2D eigenvalue weighted by Crippen LogP contribution is -2.20. The van der Waals surface area contributed by atoms with Crippen molar-refractivity contribution in [1.82, 2.24) is 0 Å². The molecule has 0 radical (unpaired) electrons. The van der Waals surface area contributed by atoms with Gasteiger partial charge in [-0.25, -0.2) is 0 Å². The number of carbonyl (C=O) groups excluding carboxylic acids is 3. The van der Waals surface area contributed by atoms with Gasteiger partial charge in [0.15, 0.2) is 0 Å². The Morgan fingerprint density at radius 1 is 0.476 bits per heavy atom. The average molecular weight is 562 g/mol. The van der Waals surface area contributed by atoms with Gasteiger partial charge in [0.2, 0.25) is 0 Å². The SMILES string of the molecule is CCc1cccc(NC(=O)c2cc(C(=O)Nc3cccc(CC)c3C)cc(C(=O)Nc3cccc(CC)c3C)c2)c1C. The number of aryl methyl sites for hydroxylation is 3. The molecule has 0 aliphatic rings. The predicted molar refractivity (Wildman–Crippen MR) is 172 cm³/mol. The molecule has 0 saturated heterocycles.